The van der Waals surface area contributed by atoms with Gasteiger partial charge in [-0.3, -0.25) is 4.79 Å². The van der Waals surface area contributed by atoms with Crippen molar-refractivity contribution >= 4 is 46.6 Å². The van der Waals surface area contributed by atoms with Crippen molar-refractivity contribution in [2.24, 2.45) is 7.05 Å². The number of carbonyl (C=O) groups excluding carboxylic acids is 1. The molecule has 5 nitrogen and oxygen atoms in total. The number of anilines is 1. The van der Waals surface area contributed by atoms with E-state index in [1.165, 1.54) is 11.8 Å². The standard InChI is InChI=1S/C20H20Cl2N4OS/c1-12(2)14-6-4-5-7-17(14)23-18(27)11-28-20-25-24-19(26(20)3)15-9-8-13(21)10-16(15)22/h4-10,12H,11H2,1-3H3,(H,23,27). The van der Waals surface area contributed by atoms with Crippen molar-refractivity contribution in [3.63, 3.8) is 0 Å². The van der Waals surface area contributed by atoms with Crippen molar-refractivity contribution in [2.75, 3.05) is 11.1 Å². The summed E-state index contributed by atoms with van der Waals surface area (Å²) in [6, 6.07) is 13.1. The third kappa shape index (κ3) is 4.69. The van der Waals surface area contributed by atoms with E-state index >= 15 is 0 Å². The van der Waals surface area contributed by atoms with E-state index < -0.39 is 0 Å². The number of halogens is 2. The highest BCUT2D eigenvalue weighted by Crippen LogP contribution is 2.31. The second kappa shape index (κ2) is 8.99. The maximum atomic E-state index is 12.4. The Morgan fingerprint density at radius 2 is 1.93 bits per heavy atom. The molecule has 0 saturated carbocycles. The minimum absolute atomic E-state index is 0.0906. The average Bonchev–Trinajstić information content (AvgIpc) is 3.01. The summed E-state index contributed by atoms with van der Waals surface area (Å²) in [5, 5.41) is 13.1. The molecule has 0 aliphatic rings. The Kier molecular flexibility index (Phi) is 6.65. The predicted molar refractivity (Wildman–Crippen MR) is 116 cm³/mol. The fourth-order valence-electron chi connectivity index (χ4n) is 2.78. The molecule has 2 aromatic carbocycles. The van der Waals surface area contributed by atoms with Gasteiger partial charge in [0.25, 0.3) is 0 Å². The van der Waals surface area contributed by atoms with E-state index in [2.05, 4.69) is 29.4 Å². The molecule has 3 aromatic rings. The van der Waals surface area contributed by atoms with Gasteiger partial charge in [-0.25, -0.2) is 0 Å². The molecule has 0 aliphatic carbocycles. The predicted octanol–water partition coefficient (Wildman–Crippen LogP) is 5.64. The summed E-state index contributed by atoms with van der Waals surface area (Å²) in [7, 11) is 1.84. The van der Waals surface area contributed by atoms with Gasteiger partial charge >= 0.3 is 0 Å². The molecule has 0 saturated heterocycles. The van der Waals surface area contributed by atoms with Crippen LogP contribution in [0.3, 0.4) is 0 Å². The van der Waals surface area contributed by atoms with Gasteiger partial charge in [-0.2, -0.15) is 0 Å². The van der Waals surface area contributed by atoms with Gasteiger partial charge in [-0.05, 0) is 35.7 Å². The Morgan fingerprint density at radius 1 is 1.18 bits per heavy atom. The van der Waals surface area contributed by atoms with Crippen LogP contribution >= 0.6 is 35.0 Å². The molecule has 1 amide bonds. The first kappa shape index (κ1) is 20.7. The highest BCUT2D eigenvalue weighted by atomic mass is 35.5. The molecular weight excluding hydrogens is 415 g/mol. The van der Waals surface area contributed by atoms with E-state index in [0.29, 0.717) is 26.9 Å². The highest BCUT2D eigenvalue weighted by Gasteiger charge is 2.16. The van der Waals surface area contributed by atoms with Crippen LogP contribution in [-0.4, -0.2) is 26.4 Å². The number of nitrogens with zero attached hydrogens (tertiary/aromatic N) is 3. The zero-order chi connectivity index (χ0) is 20.3. The SMILES string of the molecule is CC(C)c1ccccc1NC(=O)CSc1nnc(-c2ccc(Cl)cc2Cl)n1C. The number of nitrogens with one attached hydrogen (secondary N) is 1. The lowest BCUT2D eigenvalue weighted by molar-refractivity contribution is -0.113. The van der Waals surface area contributed by atoms with E-state index in [9.17, 15) is 4.79 Å². The number of aromatic nitrogens is 3. The molecular formula is C20H20Cl2N4OS. The van der Waals surface area contributed by atoms with Crippen LogP contribution in [0.15, 0.2) is 47.6 Å². The number of carbonyl (C=O) groups is 1. The molecule has 0 spiro atoms. The van der Waals surface area contributed by atoms with Crippen LogP contribution in [0.1, 0.15) is 25.3 Å². The van der Waals surface area contributed by atoms with Crippen molar-refractivity contribution in [3.05, 3.63) is 58.1 Å². The van der Waals surface area contributed by atoms with Crippen LogP contribution in [-0.2, 0) is 11.8 Å². The minimum Gasteiger partial charge on any atom is -0.325 e. The van der Waals surface area contributed by atoms with Gasteiger partial charge in [0.15, 0.2) is 11.0 Å². The fraction of sp³-hybridized carbons (Fsp3) is 0.250. The molecule has 0 bridgehead atoms. The van der Waals surface area contributed by atoms with Gasteiger partial charge in [0.05, 0.1) is 10.8 Å². The highest BCUT2D eigenvalue weighted by molar-refractivity contribution is 7.99. The van der Waals surface area contributed by atoms with Gasteiger partial charge in [0, 0.05) is 23.3 Å². The fourth-order valence-corrected chi connectivity index (χ4v) is 3.98. The quantitative estimate of drug-likeness (QED) is 0.509. The first-order valence-electron chi connectivity index (χ1n) is 8.73. The molecule has 0 unspecified atom stereocenters. The summed E-state index contributed by atoms with van der Waals surface area (Å²) in [4.78, 5) is 12.4. The molecule has 0 fully saturated rings. The maximum Gasteiger partial charge on any atom is 0.234 e. The van der Waals surface area contributed by atoms with Crippen LogP contribution in [0.25, 0.3) is 11.4 Å². The molecule has 0 aliphatic heterocycles. The third-order valence-electron chi connectivity index (χ3n) is 4.20. The summed E-state index contributed by atoms with van der Waals surface area (Å²) in [5.41, 5.74) is 2.69. The first-order valence-corrected chi connectivity index (χ1v) is 10.5. The van der Waals surface area contributed by atoms with Gasteiger partial charge < -0.3 is 9.88 Å². The average molecular weight is 435 g/mol. The van der Waals surface area contributed by atoms with Crippen LogP contribution in [0.2, 0.25) is 10.0 Å². The van der Waals surface area contributed by atoms with Gasteiger partial charge in [0.1, 0.15) is 0 Å². The van der Waals surface area contributed by atoms with E-state index in [4.69, 9.17) is 23.2 Å². The zero-order valence-electron chi connectivity index (χ0n) is 15.7. The third-order valence-corrected chi connectivity index (χ3v) is 5.76. The molecule has 0 atom stereocenters. The molecule has 8 heteroatoms. The maximum absolute atomic E-state index is 12.4. The molecule has 146 valence electrons. The van der Waals surface area contributed by atoms with Crippen LogP contribution in [0.5, 0.6) is 0 Å². The normalized spacial score (nSPS) is 11.1. The number of amides is 1. The molecule has 1 aromatic heterocycles. The molecule has 1 heterocycles. The number of thioether (sulfide) groups is 1. The van der Waals surface area contributed by atoms with Crippen LogP contribution in [0.4, 0.5) is 5.69 Å². The van der Waals surface area contributed by atoms with Crippen molar-refractivity contribution in [1.29, 1.82) is 0 Å². The summed E-state index contributed by atoms with van der Waals surface area (Å²) in [6.07, 6.45) is 0. The second-order valence-electron chi connectivity index (χ2n) is 6.57. The Morgan fingerprint density at radius 3 is 2.64 bits per heavy atom. The lowest BCUT2D eigenvalue weighted by Gasteiger charge is -2.13. The van der Waals surface area contributed by atoms with E-state index in [0.717, 1.165) is 16.8 Å². The topological polar surface area (TPSA) is 59.8 Å². The van der Waals surface area contributed by atoms with Crippen molar-refractivity contribution in [2.45, 2.75) is 24.9 Å². The van der Waals surface area contributed by atoms with E-state index in [-0.39, 0.29) is 11.7 Å². The van der Waals surface area contributed by atoms with Gasteiger partial charge in [0.2, 0.25) is 5.91 Å². The van der Waals surface area contributed by atoms with Crippen molar-refractivity contribution < 1.29 is 4.79 Å². The number of hydrogen-bond donors (Lipinski definition) is 1. The Hall–Kier alpha value is -2.02. The minimum atomic E-state index is -0.0906. The molecule has 3 rings (SSSR count). The van der Waals surface area contributed by atoms with Gasteiger partial charge in [-0.15, -0.1) is 10.2 Å². The lowest BCUT2D eigenvalue weighted by atomic mass is 10.0. The Bertz CT molecular complexity index is 1000. The summed E-state index contributed by atoms with van der Waals surface area (Å²) in [5.74, 6) is 1.09. The number of benzene rings is 2. The van der Waals surface area contributed by atoms with E-state index in [1.54, 1.807) is 18.2 Å². The summed E-state index contributed by atoms with van der Waals surface area (Å²) in [6.45, 7) is 4.20. The Labute approximate surface area is 178 Å². The number of rotatable bonds is 6. The Balaban J connectivity index is 1.69. The smallest absolute Gasteiger partial charge is 0.234 e. The monoisotopic (exact) mass is 434 g/mol. The second-order valence-corrected chi connectivity index (χ2v) is 8.35. The summed E-state index contributed by atoms with van der Waals surface area (Å²) < 4.78 is 1.81. The zero-order valence-corrected chi connectivity index (χ0v) is 18.1. The van der Waals surface area contributed by atoms with Crippen molar-refractivity contribution in [3.8, 4) is 11.4 Å². The number of hydrogen-bond acceptors (Lipinski definition) is 4. The number of para-hydroxylation sites is 1. The molecule has 1 N–H and O–H groups in total. The summed E-state index contributed by atoms with van der Waals surface area (Å²) >= 11 is 13.5. The van der Waals surface area contributed by atoms with Crippen molar-refractivity contribution in [1.82, 2.24) is 14.8 Å². The van der Waals surface area contributed by atoms with Crippen LogP contribution in [0, 0.1) is 0 Å². The van der Waals surface area contributed by atoms with E-state index in [1.807, 2.05) is 35.9 Å². The molecule has 28 heavy (non-hydrogen) atoms. The van der Waals surface area contributed by atoms with Crippen LogP contribution < -0.4 is 5.32 Å². The molecule has 0 radical (unpaired) electrons. The van der Waals surface area contributed by atoms with Gasteiger partial charge in [-0.1, -0.05) is 67.0 Å². The lowest BCUT2D eigenvalue weighted by Crippen LogP contribution is -2.16. The first-order chi connectivity index (χ1) is 13.4. The largest absolute Gasteiger partial charge is 0.325 e.